The lowest BCUT2D eigenvalue weighted by molar-refractivity contribution is 1.83. The third-order valence-corrected chi connectivity index (χ3v) is 10.8. The van der Waals surface area contributed by atoms with Crippen LogP contribution in [0.15, 0.2) is 0 Å². The van der Waals surface area contributed by atoms with Gasteiger partial charge in [0.05, 0.1) is 9.78 Å². The van der Waals surface area contributed by atoms with Gasteiger partial charge in [0, 0.05) is 12.5 Å². The van der Waals surface area contributed by atoms with Crippen molar-refractivity contribution in [1.82, 2.24) is 0 Å². The molecule has 2 aromatic rings. The van der Waals surface area contributed by atoms with Gasteiger partial charge in [-0.3, -0.25) is 0 Å². The summed E-state index contributed by atoms with van der Waals surface area (Å²) in [6, 6.07) is 0. The Kier molecular flexibility index (Phi) is 3.89. The van der Waals surface area contributed by atoms with E-state index in [0.717, 1.165) is 0 Å². The Morgan fingerprint density at radius 3 is 1.50 bits per heavy atom. The Balaban J connectivity index is 2.94. The van der Waals surface area contributed by atoms with Gasteiger partial charge in [0.25, 0.3) is 0 Å². The maximum absolute atomic E-state index is 2.44. The van der Waals surface area contributed by atoms with Crippen molar-refractivity contribution >= 4 is 122 Å². The molecule has 0 bridgehead atoms. The van der Waals surface area contributed by atoms with E-state index in [0.29, 0.717) is 0 Å². The van der Waals surface area contributed by atoms with E-state index in [1.54, 1.807) is 0 Å². The predicted octanol–water partition coefficient (Wildman–Crippen LogP) is 5.38. The summed E-state index contributed by atoms with van der Waals surface area (Å²) in [6.45, 7) is 0. The molecular weight excluding hydrogens is 644 g/mol. The minimum Gasteiger partial charge on any atom is -0.117 e. The topological polar surface area (TPSA) is 0 Å². The van der Waals surface area contributed by atoms with Gasteiger partial charge in [0.15, 0.2) is 0 Å². The van der Waals surface area contributed by atoms with E-state index in [2.05, 4.69) is 90.4 Å². The summed E-state index contributed by atoms with van der Waals surface area (Å²) in [6.07, 6.45) is 0. The van der Waals surface area contributed by atoms with E-state index < -0.39 is 0 Å². The van der Waals surface area contributed by atoms with Gasteiger partial charge in [-0.1, -0.05) is 0 Å². The molecule has 0 saturated heterocycles. The first-order chi connectivity index (χ1) is 5.61. The Bertz CT molecular complexity index is 404. The van der Waals surface area contributed by atoms with Crippen LogP contribution in [0.5, 0.6) is 0 Å². The fourth-order valence-electron chi connectivity index (χ4n) is 0.847. The van der Waals surface area contributed by atoms with Gasteiger partial charge in [-0.2, -0.15) is 0 Å². The summed E-state index contributed by atoms with van der Waals surface area (Å²) in [4.78, 5) is 0. The van der Waals surface area contributed by atoms with Gasteiger partial charge < -0.3 is 0 Å². The lowest BCUT2D eigenvalue weighted by Gasteiger charge is -1.86. The largest absolute Gasteiger partial charge is 0.117 e. The molecule has 64 valence electrons. The lowest BCUT2D eigenvalue weighted by atomic mass is 10.4. The molecule has 0 aliphatic rings. The Hall–Kier alpha value is 2.58. The van der Waals surface area contributed by atoms with Crippen molar-refractivity contribution in [3.63, 3.8) is 0 Å². The summed E-state index contributed by atoms with van der Waals surface area (Å²) in [5, 5.41) is 1.47. The fourth-order valence-corrected chi connectivity index (χ4v) is 8.58. The highest BCUT2D eigenvalue weighted by Gasteiger charge is 2.15. The molecule has 2 rings (SSSR count). The molecule has 2 heterocycles. The molecule has 0 fully saturated rings. The highest BCUT2D eigenvalue weighted by Crippen LogP contribution is 2.42. The maximum Gasteiger partial charge on any atom is 0.0909 e. The summed E-state index contributed by atoms with van der Waals surface area (Å²) in [5.41, 5.74) is 0. The second-order valence-corrected chi connectivity index (χ2v) is 10.1. The standard InChI is InChI=1S/C6I4S2/c7-2-1-3(8)5(10)12-6(1)11-4(2)9. The molecule has 0 unspecified atom stereocenters. The number of hydrogen-bond acceptors (Lipinski definition) is 2. The predicted molar refractivity (Wildman–Crippen MR) is 90.6 cm³/mol. The molecule has 0 spiro atoms. The normalized spacial score (nSPS) is 11.3. The summed E-state index contributed by atoms with van der Waals surface area (Å²) in [7, 11) is 0. The van der Waals surface area contributed by atoms with Gasteiger partial charge in [-0.25, -0.2) is 0 Å². The van der Waals surface area contributed by atoms with Crippen LogP contribution in [0.2, 0.25) is 0 Å². The minimum atomic E-state index is 1.42. The zero-order chi connectivity index (χ0) is 8.88. The Morgan fingerprint density at radius 2 is 1.17 bits per heavy atom. The van der Waals surface area contributed by atoms with Crippen molar-refractivity contribution in [2.75, 3.05) is 0 Å². The van der Waals surface area contributed by atoms with Crippen LogP contribution in [-0.4, -0.2) is 0 Å². The van der Waals surface area contributed by atoms with Crippen LogP contribution in [0.25, 0.3) is 9.40 Å². The van der Waals surface area contributed by atoms with E-state index in [9.17, 15) is 0 Å². The number of halogens is 4. The number of hydrogen-bond donors (Lipinski definition) is 0. The first kappa shape index (κ1) is 11.1. The smallest absolute Gasteiger partial charge is 0.0909 e. The number of rotatable bonds is 0. The Morgan fingerprint density at radius 1 is 0.750 bits per heavy atom. The summed E-state index contributed by atoms with van der Waals surface area (Å²) < 4.78 is 7.17. The molecule has 6 heteroatoms. The van der Waals surface area contributed by atoms with Gasteiger partial charge in [-0.05, 0) is 90.4 Å². The molecule has 0 saturated carbocycles. The quantitative estimate of drug-likeness (QED) is 0.339. The van der Waals surface area contributed by atoms with Crippen LogP contribution < -0.4 is 0 Å². The fraction of sp³-hybridized carbons (Fsp3) is 0. The van der Waals surface area contributed by atoms with E-state index in [-0.39, 0.29) is 0 Å². The van der Waals surface area contributed by atoms with Crippen molar-refractivity contribution in [3.8, 4) is 0 Å². The first-order valence-electron chi connectivity index (χ1n) is 2.82. The molecule has 0 atom stereocenters. The van der Waals surface area contributed by atoms with Gasteiger partial charge in [0.2, 0.25) is 0 Å². The SMILES string of the molecule is Ic1sc2sc(I)c(I)c2c1I. The van der Waals surface area contributed by atoms with E-state index in [1.165, 1.54) is 22.3 Å². The molecule has 0 aliphatic carbocycles. The van der Waals surface area contributed by atoms with Crippen LogP contribution in [0.3, 0.4) is 0 Å². The summed E-state index contributed by atoms with van der Waals surface area (Å²) in [5.74, 6) is 0. The molecule has 0 N–H and O–H groups in total. The second kappa shape index (κ2) is 4.22. The first-order valence-corrected chi connectivity index (χ1v) is 8.77. The van der Waals surface area contributed by atoms with Gasteiger partial charge >= 0.3 is 0 Å². The van der Waals surface area contributed by atoms with Crippen molar-refractivity contribution in [3.05, 3.63) is 12.9 Å². The molecule has 0 amide bonds. The van der Waals surface area contributed by atoms with Crippen LogP contribution in [-0.2, 0) is 0 Å². The van der Waals surface area contributed by atoms with E-state index in [1.807, 2.05) is 22.7 Å². The number of fused-ring (bicyclic) bond motifs is 1. The van der Waals surface area contributed by atoms with Crippen molar-refractivity contribution in [2.24, 2.45) is 0 Å². The zero-order valence-electron chi connectivity index (χ0n) is 5.33. The van der Waals surface area contributed by atoms with Crippen LogP contribution >= 0.6 is 113 Å². The van der Waals surface area contributed by atoms with E-state index >= 15 is 0 Å². The minimum absolute atomic E-state index is 1.42. The van der Waals surface area contributed by atoms with Gasteiger partial charge in [0.1, 0.15) is 0 Å². The second-order valence-electron chi connectivity index (χ2n) is 2.04. The maximum atomic E-state index is 2.44. The van der Waals surface area contributed by atoms with Crippen LogP contribution in [0.4, 0.5) is 0 Å². The molecule has 0 aromatic carbocycles. The van der Waals surface area contributed by atoms with Crippen LogP contribution in [0.1, 0.15) is 0 Å². The monoisotopic (exact) mass is 644 g/mol. The Labute approximate surface area is 132 Å². The molecular formula is C6I4S2. The molecule has 0 radical (unpaired) electrons. The van der Waals surface area contributed by atoms with Crippen molar-refractivity contribution < 1.29 is 0 Å². The molecule has 0 nitrogen and oxygen atoms in total. The van der Waals surface area contributed by atoms with Crippen LogP contribution in [0, 0.1) is 12.9 Å². The highest BCUT2D eigenvalue weighted by molar-refractivity contribution is 14.1. The van der Waals surface area contributed by atoms with Crippen molar-refractivity contribution in [1.29, 1.82) is 0 Å². The third kappa shape index (κ3) is 1.80. The van der Waals surface area contributed by atoms with Gasteiger partial charge in [-0.15, -0.1) is 22.7 Å². The molecule has 12 heavy (non-hydrogen) atoms. The summed E-state index contributed by atoms with van der Waals surface area (Å²) >= 11 is 13.5. The third-order valence-electron chi connectivity index (χ3n) is 1.35. The average molecular weight is 644 g/mol. The lowest BCUT2D eigenvalue weighted by Crippen LogP contribution is -1.71. The molecule has 0 aliphatic heterocycles. The zero-order valence-corrected chi connectivity index (χ0v) is 15.6. The highest BCUT2D eigenvalue weighted by atomic mass is 127. The average Bonchev–Trinajstić information content (AvgIpc) is 2.40. The molecule has 2 aromatic heterocycles. The number of thiophene rings is 2. The van der Waals surface area contributed by atoms with Crippen molar-refractivity contribution in [2.45, 2.75) is 0 Å². The van der Waals surface area contributed by atoms with E-state index in [4.69, 9.17) is 0 Å².